The van der Waals surface area contributed by atoms with Crippen LogP contribution in [0.2, 0.25) is 0 Å². The molecule has 0 saturated heterocycles. The van der Waals surface area contributed by atoms with E-state index in [2.05, 4.69) is 0 Å². The van der Waals surface area contributed by atoms with Crippen LogP contribution in [0.3, 0.4) is 0 Å². The lowest BCUT2D eigenvalue weighted by molar-refractivity contribution is -0.126. The van der Waals surface area contributed by atoms with Crippen molar-refractivity contribution < 1.29 is 9.18 Å². The van der Waals surface area contributed by atoms with Gasteiger partial charge in [-0.25, -0.2) is 4.39 Å². The molecule has 1 amide bonds. The Kier molecular flexibility index (Phi) is 4.88. The molecule has 0 atom stereocenters. The minimum absolute atomic E-state index is 0.109. The zero-order valence-corrected chi connectivity index (χ0v) is 12.2. The Morgan fingerprint density at radius 1 is 1.10 bits per heavy atom. The standard InChI is InChI=1S/C18H18FNO/c1-14(12-16-10-6-7-11-17(16)19)18(21)20(2)13-15-8-4-3-5-9-15/h3-12H,13H2,1-2H3/b14-12+. The lowest BCUT2D eigenvalue weighted by Crippen LogP contribution is -2.26. The van der Waals surface area contributed by atoms with Gasteiger partial charge in [0.15, 0.2) is 0 Å². The molecule has 108 valence electrons. The zero-order chi connectivity index (χ0) is 15.2. The highest BCUT2D eigenvalue weighted by atomic mass is 19.1. The highest BCUT2D eigenvalue weighted by molar-refractivity contribution is 5.97. The second kappa shape index (κ2) is 6.84. The van der Waals surface area contributed by atoms with Crippen LogP contribution >= 0.6 is 0 Å². The Balaban J connectivity index is 2.10. The van der Waals surface area contributed by atoms with Gasteiger partial charge in [0, 0.05) is 24.7 Å². The van der Waals surface area contributed by atoms with E-state index in [1.54, 1.807) is 43.1 Å². The third kappa shape index (κ3) is 4.02. The number of carbonyl (C=O) groups excluding carboxylic acids is 1. The molecule has 3 heteroatoms. The molecular weight excluding hydrogens is 265 g/mol. The Hall–Kier alpha value is -2.42. The Morgan fingerprint density at radius 3 is 2.38 bits per heavy atom. The van der Waals surface area contributed by atoms with Crippen molar-refractivity contribution in [2.45, 2.75) is 13.5 Å². The largest absolute Gasteiger partial charge is 0.338 e. The average molecular weight is 283 g/mol. The molecule has 2 aromatic carbocycles. The molecular formula is C18H18FNO. The van der Waals surface area contributed by atoms with E-state index in [0.29, 0.717) is 17.7 Å². The fourth-order valence-corrected chi connectivity index (χ4v) is 2.12. The van der Waals surface area contributed by atoms with Crippen molar-refractivity contribution in [1.29, 1.82) is 0 Å². The van der Waals surface area contributed by atoms with Crippen molar-refractivity contribution in [3.05, 3.63) is 77.1 Å². The average Bonchev–Trinajstić information content (AvgIpc) is 2.49. The quantitative estimate of drug-likeness (QED) is 0.780. The van der Waals surface area contributed by atoms with E-state index >= 15 is 0 Å². The summed E-state index contributed by atoms with van der Waals surface area (Å²) >= 11 is 0. The van der Waals surface area contributed by atoms with Gasteiger partial charge in [0.1, 0.15) is 5.82 Å². The molecule has 2 rings (SSSR count). The maximum Gasteiger partial charge on any atom is 0.249 e. The molecule has 0 saturated carbocycles. The topological polar surface area (TPSA) is 20.3 Å². The van der Waals surface area contributed by atoms with Gasteiger partial charge in [-0.1, -0.05) is 48.5 Å². The van der Waals surface area contributed by atoms with E-state index in [4.69, 9.17) is 0 Å². The molecule has 0 radical (unpaired) electrons. The summed E-state index contributed by atoms with van der Waals surface area (Å²) < 4.78 is 13.6. The molecule has 0 spiro atoms. The number of halogens is 1. The van der Waals surface area contributed by atoms with E-state index in [-0.39, 0.29) is 11.7 Å². The van der Waals surface area contributed by atoms with Crippen molar-refractivity contribution in [2.75, 3.05) is 7.05 Å². The SMILES string of the molecule is C/C(=C\c1ccccc1F)C(=O)N(C)Cc1ccccc1. The Morgan fingerprint density at radius 2 is 1.71 bits per heavy atom. The molecule has 2 nitrogen and oxygen atoms in total. The first-order valence-corrected chi connectivity index (χ1v) is 6.80. The number of carbonyl (C=O) groups is 1. The maximum absolute atomic E-state index is 13.6. The van der Waals surface area contributed by atoms with Crippen LogP contribution in [0.1, 0.15) is 18.1 Å². The van der Waals surface area contributed by atoms with Crippen molar-refractivity contribution in [3.63, 3.8) is 0 Å². The highest BCUT2D eigenvalue weighted by Gasteiger charge is 2.12. The Labute approximate surface area is 124 Å². The number of hydrogen-bond donors (Lipinski definition) is 0. The van der Waals surface area contributed by atoms with Crippen LogP contribution in [-0.2, 0) is 11.3 Å². The molecule has 0 unspecified atom stereocenters. The fourth-order valence-electron chi connectivity index (χ4n) is 2.12. The monoisotopic (exact) mass is 283 g/mol. The summed E-state index contributed by atoms with van der Waals surface area (Å²) in [6.07, 6.45) is 1.58. The Bertz CT molecular complexity index is 649. The van der Waals surface area contributed by atoms with Gasteiger partial charge in [0.05, 0.1) is 0 Å². The minimum atomic E-state index is -0.324. The van der Waals surface area contributed by atoms with Gasteiger partial charge in [-0.3, -0.25) is 4.79 Å². The molecule has 0 N–H and O–H groups in total. The number of nitrogens with zero attached hydrogens (tertiary/aromatic N) is 1. The molecule has 0 aliphatic carbocycles. The fraction of sp³-hybridized carbons (Fsp3) is 0.167. The molecule has 0 aromatic heterocycles. The summed E-state index contributed by atoms with van der Waals surface area (Å²) in [6, 6.07) is 16.2. The van der Waals surface area contributed by atoms with Crippen LogP contribution in [0, 0.1) is 5.82 Å². The van der Waals surface area contributed by atoms with Gasteiger partial charge in [-0.15, -0.1) is 0 Å². The van der Waals surface area contributed by atoms with Gasteiger partial charge in [-0.05, 0) is 24.6 Å². The third-order valence-corrected chi connectivity index (χ3v) is 3.22. The number of benzene rings is 2. The van der Waals surface area contributed by atoms with Crippen molar-refractivity contribution in [3.8, 4) is 0 Å². The molecule has 0 aliphatic heterocycles. The predicted octanol–water partition coefficient (Wildman–Crippen LogP) is 3.89. The van der Waals surface area contributed by atoms with Crippen molar-refractivity contribution in [1.82, 2.24) is 4.90 Å². The summed E-state index contributed by atoms with van der Waals surface area (Å²) in [4.78, 5) is 13.9. The van der Waals surface area contributed by atoms with Crippen LogP contribution in [0.5, 0.6) is 0 Å². The van der Waals surface area contributed by atoms with Gasteiger partial charge >= 0.3 is 0 Å². The number of hydrogen-bond acceptors (Lipinski definition) is 1. The van der Waals surface area contributed by atoms with E-state index in [1.807, 2.05) is 30.3 Å². The molecule has 0 fully saturated rings. The number of likely N-dealkylation sites (N-methyl/N-ethyl adjacent to an activating group) is 1. The van der Waals surface area contributed by atoms with E-state index < -0.39 is 0 Å². The highest BCUT2D eigenvalue weighted by Crippen LogP contribution is 2.13. The van der Waals surface area contributed by atoms with Gasteiger partial charge in [0.25, 0.3) is 0 Å². The first-order chi connectivity index (χ1) is 10.1. The van der Waals surface area contributed by atoms with Crippen molar-refractivity contribution in [2.24, 2.45) is 0 Å². The first kappa shape index (κ1) is 15.0. The van der Waals surface area contributed by atoms with Crippen LogP contribution in [-0.4, -0.2) is 17.9 Å². The van der Waals surface area contributed by atoms with Gasteiger partial charge in [-0.2, -0.15) is 0 Å². The normalized spacial score (nSPS) is 11.3. The van der Waals surface area contributed by atoms with Crippen LogP contribution < -0.4 is 0 Å². The van der Waals surface area contributed by atoms with Crippen LogP contribution in [0.4, 0.5) is 4.39 Å². The molecule has 2 aromatic rings. The van der Waals surface area contributed by atoms with Gasteiger partial charge < -0.3 is 4.90 Å². The predicted molar refractivity (Wildman–Crippen MR) is 83.0 cm³/mol. The summed E-state index contributed by atoms with van der Waals surface area (Å²) in [7, 11) is 1.74. The summed E-state index contributed by atoms with van der Waals surface area (Å²) in [5.74, 6) is -0.433. The third-order valence-electron chi connectivity index (χ3n) is 3.22. The lowest BCUT2D eigenvalue weighted by Gasteiger charge is -2.17. The maximum atomic E-state index is 13.6. The second-order valence-electron chi connectivity index (χ2n) is 5.00. The van der Waals surface area contributed by atoms with Crippen LogP contribution in [0.15, 0.2) is 60.2 Å². The summed E-state index contributed by atoms with van der Waals surface area (Å²) in [5, 5.41) is 0. The van der Waals surface area contributed by atoms with Gasteiger partial charge in [0.2, 0.25) is 5.91 Å². The number of rotatable bonds is 4. The molecule has 21 heavy (non-hydrogen) atoms. The minimum Gasteiger partial charge on any atom is -0.338 e. The zero-order valence-electron chi connectivity index (χ0n) is 12.2. The molecule has 0 aliphatic rings. The summed E-state index contributed by atoms with van der Waals surface area (Å²) in [5.41, 5.74) is 2.00. The van der Waals surface area contributed by atoms with Crippen LogP contribution in [0.25, 0.3) is 6.08 Å². The second-order valence-corrected chi connectivity index (χ2v) is 5.00. The van der Waals surface area contributed by atoms with E-state index in [0.717, 1.165) is 5.56 Å². The van der Waals surface area contributed by atoms with Crippen molar-refractivity contribution >= 4 is 12.0 Å². The summed E-state index contributed by atoms with van der Waals surface area (Å²) in [6.45, 7) is 2.23. The molecule has 0 bridgehead atoms. The molecule has 0 heterocycles. The first-order valence-electron chi connectivity index (χ1n) is 6.80. The van der Waals surface area contributed by atoms with E-state index in [9.17, 15) is 9.18 Å². The van der Waals surface area contributed by atoms with E-state index in [1.165, 1.54) is 6.07 Å². The smallest absolute Gasteiger partial charge is 0.249 e. The number of amides is 1. The lowest BCUT2D eigenvalue weighted by atomic mass is 10.1.